The van der Waals surface area contributed by atoms with E-state index >= 15 is 0 Å². The highest BCUT2D eigenvalue weighted by molar-refractivity contribution is 9.10. The van der Waals surface area contributed by atoms with Gasteiger partial charge < -0.3 is 10.1 Å². The zero-order valence-electron chi connectivity index (χ0n) is 10.7. The van der Waals surface area contributed by atoms with E-state index in [0.29, 0.717) is 5.92 Å². The molecule has 0 amide bonds. The van der Waals surface area contributed by atoms with Crippen LogP contribution in [0.3, 0.4) is 0 Å². The van der Waals surface area contributed by atoms with Crippen LogP contribution in [0.15, 0.2) is 28.7 Å². The minimum Gasteiger partial charge on any atom is -0.383 e. The van der Waals surface area contributed by atoms with Gasteiger partial charge in [-0.25, -0.2) is 0 Å². The van der Waals surface area contributed by atoms with Gasteiger partial charge in [-0.05, 0) is 43.0 Å². The Balaban J connectivity index is 2.14. The van der Waals surface area contributed by atoms with Gasteiger partial charge in [-0.15, -0.1) is 0 Å². The minimum absolute atomic E-state index is 0.704. The zero-order valence-corrected chi connectivity index (χ0v) is 12.3. The summed E-state index contributed by atoms with van der Waals surface area (Å²) in [6, 6.07) is 8.60. The predicted molar refractivity (Wildman–Crippen MR) is 76.4 cm³/mol. The molecule has 0 aliphatic heterocycles. The highest BCUT2D eigenvalue weighted by Crippen LogP contribution is 2.13. The van der Waals surface area contributed by atoms with Crippen molar-refractivity contribution in [3.8, 4) is 0 Å². The largest absolute Gasteiger partial charge is 0.383 e. The van der Waals surface area contributed by atoms with E-state index in [1.54, 1.807) is 7.11 Å². The lowest BCUT2D eigenvalue weighted by atomic mass is 10.0. The lowest BCUT2D eigenvalue weighted by Crippen LogP contribution is -2.25. The summed E-state index contributed by atoms with van der Waals surface area (Å²) in [5, 5.41) is 3.40. The van der Waals surface area contributed by atoms with E-state index in [-0.39, 0.29) is 0 Å². The Morgan fingerprint density at radius 1 is 1.29 bits per heavy atom. The van der Waals surface area contributed by atoms with Crippen molar-refractivity contribution in [3.63, 3.8) is 0 Å². The fourth-order valence-electron chi connectivity index (χ4n) is 1.69. The molecule has 0 saturated carbocycles. The number of rotatable bonds is 8. The second kappa shape index (κ2) is 8.67. The number of halogens is 1. The molecule has 96 valence electrons. The summed E-state index contributed by atoms with van der Waals surface area (Å²) in [5.74, 6) is 0.704. The molecule has 0 aliphatic rings. The summed E-state index contributed by atoms with van der Waals surface area (Å²) < 4.78 is 6.15. The number of aryl methyl sites for hydroxylation is 1. The van der Waals surface area contributed by atoms with E-state index in [1.807, 2.05) is 0 Å². The van der Waals surface area contributed by atoms with E-state index in [0.717, 1.165) is 30.6 Å². The normalized spacial score (nSPS) is 12.6. The van der Waals surface area contributed by atoms with Crippen LogP contribution in [0.25, 0.3) is 0 Å². The lowest BCUT2D eigenvalue weighted by Gasteiger charge is -2.12. The predicted octanol–water partition coefficient (Wildman–Crippen LogP) is 3.25. The second-order valence-corrected chi connectivity index (χ2v) is 5.38. The Labute approximate surface area is 113 Å². The van der Waals surface area contributed by atoms with Crippen molar-refractivity contribution >= 4 is 15.9 Å². The molecule has 0 aliphatic carbocycles. The van der Waals surface area contributed by atoms with Gasteiger partial charge in [0.1, 0.15) is 0 Å². The first kappa shape index (κ1) is 14.7. The average molecular weight is 300 g/mol. The van der Waals surface area contributed by atoms with Crippen LogP contribution in [0.5, 0.6) is 0 Å². The Hall–Kier alpha value is -0.380. The molecule has 1 rings (SSSR count). The van der Waals surface area contributed by atoms with Crippen LogP contribution in [-0.4, -0.2) is 26.8 Å². The van der Waals surface area contributed by atoms with Crippen molar-refractivity contribution in [2.45, 2.75) is 19.8 Å². The van der Waals surface area contributed by atoms with Gasteiger partial charge in [-0.2, -0.15) is 0 Å². The molecule has 1 aromatic carbocycles. The maximum atomic E-state index is 5.00. The van der Waals surface area contributed by atoms with Gasteiger partial charge in [0.25, 0.3) is 0 Å². The van der Waals surface area contributed by atoms with Crippen molar-refractivity contribution < 1.29 is 4.74 Å². The Kier molecular flexibility index (Phi) is 7.49. The SMILES string of the molecule is COCCNCC(C)CCc1ccc(Br)cc1. The molecule has 0 spiro atoms. The van der Waals surface area contributed by atoms with Crippen LogP contribution < -0.4 is 5.32 Å². The number of hydrogen-bond donors (Lipinski definition) is 1. The molecule has 2 nitrogen and oxygen atoms in total. The molecule has 3 heteroatoms. The van der Waals surface area contributed by atoms with E-state index in [1.165, 1.54) is 12.0 Å². The highest BCUT2D eigenvalue weighted by Gasteiger charge is 2.02. The monoisotopic (exact) mass is 299 g/mol. The van der Waals surface area contributed by atoms with E-state index < -0.39 is 0 Å². The van der Waals surface area contributed by atoms with Gasteiger partial charge in [0.2, 0.25) is 0 Å². The van der Waals surface area contributed by atoms with Crippen LogP contribution in [0.2, 0.25) is 0 Å². The molecular formula is C14H22BrNO. The maximum Gasteiger partial charge on any atom is 0.0587 e. The Bertz CT molecular complexity index is 300. The van der Waals surface area contributed by atoms with Gasteiger partial charge in [-0.3, -0.25) is 0 Å². The van der Waals surface area contributed by atoms with Crippen molar-refractivity contribution in [3.05, 3.63) is 34.3 Å². The third-order valence-electron chi connectivity index (χ3n) is 2.81. The van der Waals surface area contributed by atoms with Crippen LogP contribution in [0.4, 0.5) is 0 Å². The van der Waals surface area contributed by atoms with Gasteiger partial charge >= 0.3 is 0 Å². The molecule has 1 N–H and O–H groups in total. The summed E-state index contributed by atoms with van der Waals surface area (Å²) >= 11 is 3.45. The molecule has 0 heterocycles. The minimum atomic E-state index is 0.704. The number of nitrogens with one attached hydrogen (secondary N) is 1. The van der Waals surface area contributed by atoms with Crippen molar-refractivity contribution in [2.75, 3.05) is 26.8 Å². The topological polar surface area (TPSA) is 21.3 Å². The van der Waals surface area contributed by atoms with E-state index in [4.69, 9.17) is 4.74 Å². The average Bonchev–Trinajstić information content (AvgIpc) is 2.34. The van der Waals surface area contributed by atoms with Crippen LogP contribution in [0, 0.1) is 5.92 Å². The Morgan fingerprint density at radius 3 is 2.65 bits per heavy atom. The molecule has 0 aromatic heterocycles. The van der Waals surface area contributed by atoms with Gasteiger partial charge in [0.15, 0.2) is 0 Å². The number of hydrogen-bond acceptors (Lipinski definition) is 2. The molecule has 1 aromatic rings. The fourth-order valence-corrected chi connectivity index (χ4v) is 1.95. The Morgan fingerprint density at radius 2 is 2.00 bits per heavy atom. The summed E-state index contributed by atoms with van der Waals surface area (Å²) in [5.41, 5.74) is 1.41. The molecule has 1 atom stereocenters. The van der Waals surface area contributed by atoms with Gasteiger partial charge in [0.05, 0.1) is 6.61 Å². The van der Waals surface area contributed by atoms with Crippen molar-refractivity contribution in [1.82, 2.24) is 5.32 Å². The molecular weight excluding hydrogens is 278 g/mol. The lowest BCUT2D eigenvalue weighted by molar-refractivity contribution is 0.198. The van der Waals surface area contributed by atoms with Crippen LogP contribution >= 0.6 is 15.9 Å². The fraction of sp³-hybridized carbons (Fsp3) is 0.571. The van der Waals surface area contributed by atoms with Crippen LogP contribution in [-0.2, 0) is 11.2 Å². The first-order valence-corrected chi connectivity index (χ1v) is 6.95. The summed E-state index contributed by atoms with van der Waals surface area (Å²) in [6.07, 6.45) is 2.38. The van der Waals surface area contributed by atoms with Crippen molar-refractivity contribution in [1.29, 1.82) is 0 Å². The maximum absolute atomic E-state index is 5.00. The quantitative estimate of drug-likeness (QED) is 0.744. The summed E-state index contributed by atoms with van der Waals surface area (Å²) in [4.78, 5) is 0. The molecule has 1 unspecified atom stereocenters. The smallest absolute Gasteiger partial charge is 0.0587 e. The third kappa shape index (κ3) is 6.81. The second-order valence-electron chi connectivity index (χ2n) is 4.47. The van der Waals surface area contributed by atoms with Gasteiger partial charge in [0, 0.05) is 18.1 Å². The summed E-state index contributed by atoms with van der Waals surface area (Å²) in [6.45, 7) is 5.09. The molecule has 17 heavy (non-hydrogen) atoms. The zero-order chi connectivity index (χ0) is 12.5. The van der Waals surface area contributed by atoms with Gasteiger partial charge in [-0.1, -0.05) is 35.0 Å². The number of benzene rings is 1. The molecule has 0 saturated heterocycles. The number of methoxy groups -OCH3 is 1. The van der Waals surface area contributed by atoms with E-state index in [2.05, 4.69) is 52.4 Å². The van der Waals surface area contributed by atoms with Crippen molar-refractivity contribution in [2.24, 2.45) is 5.92 Å². The third-order valence-corrected chi connectivity index (χ3v) is 3.34. The number of ether oxygens (including phenoxy) is 1. The first-order chi connectivity index (χ1) is 8.22. The molecule has 0 bridgehead atoms. The highest BCUT2D eigenvalue weighted by atomic mass is 79.9. The standard InChI is InChI=1S/C14H22BrNO/c1-12(11-16-9-10-17-2)3-4-13-5-7-14(15)8-6-13/h5-8,12,16H,3-4,9-11H2,1-2H3. The first-order valence-electron chi connectivity index (χ1n) is 6.16. The summed E-state index contributed by atoms with van der Waals surface area (Å²) in [7, 11) is 1.73. The van der Waals surface area contributed by atoms with Crippen LogP contribution in [0.1, 0.15) is 18.9 Å². The molecule has 0 fully saturated rings. The van der Waals surface area contributed by atoms with E-state index in [9.17, 15) is 0 Å². The molecule has 0 radical (unpaired) electrons.